The van der Waals surface area contributed by atoms with E-state index in [2.05, 4.69) is 28.9 Å². The minimum Gasteiger partial charge on any atom is -0.314 e. The van der Waals surface area contributed by atoms with Gasteiger partial charge in [-0.05, 0) is 69.2 Å². The number of hydrogen-bond donors (Lipinski definition) is 1. The lowest BCUT2D eigenvalue weighted by molar-refractivity contribution is 0.173. The van der Waals surface area contributed by atoms with Crippen LogP contribution in [0.3, 0.4) is 0 Å². The fourth-order valence-electron chi connectivity index (χ4n) is 2.68. The van der Waals surface area contributed by atoms with Crippen LogP contribution in [0.4, 0.5) is 0 Å². The van der Waals surface area contributed by atoms with E-state index in [1.165, 1.54) is 69.8 Å². The number of piperidine rings is 1. The van der Waals surface area contributed by atoms with Crippen LogP contribution in [0.25, 0.3) is 0 Å². The van der Waals surface area contributed by atoms with E-state index in [9.17, 15) is 0 Å². The highest BCUT2D eigenvalue weighted by Gasteiger charge is 2.24. The molecule has 1 N–H and O–H groups in total. The van der Waals surface area contributed by atoms with Gasteiger partial charge in [0.05, 0.1) is 0 Å². The van der Waals surface area contributed by atoms with Crippen LogP contribution in [0.5, 0.6) is 0 Å². The van der Waals surface area contributed by atoms with Gasteiger partial charge in [0.15, 0.2) is 0 Å². The van der Waals surface area contributed by atoms with E-state index >= 15 is 0 Å². The molecule has 2 aliphatic rings. The highest BCUT2D eigenvalue weighted by atomic mass is 32.2. The average Bonchev–Trinajstić information content (AvgIpc) is 3.17. The molecule has 1 aliphatic carbocycles. The van der Waals surface area contributed by atoms with Crippen molar-refractivity contribution in [1.29, 1.82) is 0 Å². The maximum atomic E-state index is 3.69. The van der Waals surface area contributed by atoms with Crippen molar-refractivity contribution in [3.63, 3.8) is 0 Å². The van der Waals surface area contributed by atoms with Crippen molar-refractivity contribution in [2.45, 2.75) is 45.1 Å². The van der Waals surface area contributed by atoms with Crippen molar-refractivity contribution in [2.75, 3.05) is 37.7 Å². The predicted molar refractivity (Wildman–Crippen MR) is 77.8 cm³/mol. The van der Waals surface area contributed by atoms with Crippen LogP contribution in [0.2, 0.25) is 0 Å². The molecular formula is C14H28N2S. The Morgan fingerprint density at radius 3 is 2.94 bits per heavy atom. The summed E-state index contributed by atoms with van der Waals surface area (Å²) in [5.74, 6) is 3.54. The molecule has 0 aromatic heterocycles. The third-order valence-corrected chi connectivity index (χ3v) is 4.83. The molecule has 1 heterocycles. The highest BCUT2D eigenvalue weighted by Crippen LogP contribution is 2.21. The Balaban J connectivity index is 1.55. The first-order valence-electron chi connectivity index (χ1n) is 7.42. The molecule has 0 bridgehead atoms. The molecule has 1 saturated heterocycles. The second-order valence-corrected chi connectivity index (χ2v) is 6.94. The van der Waals surface area contributed by atoms with Crippen molar-refractivity contribution in [3.05, 3.63) is 0 Å². The third-order valence-electron chi connectivity index (χ3n) is 3.84. The molecule has 3 heteroatoms. The summed E-state index contributed by atoms with van der Waals surface area (Å²) >= 11 is 2.08. The van der Waals surface area contributed by atoms with Crippen molar-refractivity contribution in [3.8, 4) is 0 Å². The van der Waals surface area contributed by atoms with Crippen LogP contribution >= 0.6 is 11.8 Å². The zero-order valence-corrected chi connectivity index (χ0v) is 12.1. The maximum absolute atomic E-state index is 3.69. The topological polar surface area (TPSA) is 15.3 Å². The molecule has 2 rings (SSSR count). The minimum absolute atomic E-state index is 0.881. The van der Waals surface area contributed by atoms with Crippen molar-refractivity contribution in [2.24, 2.45) is 5.92 Å². The van der Waals surface area contributed by atoms with Gasteiger partial charge in [-0.15, -0.1) is 0 Å². The summed E-state index contributed by atoms with van der Waals surface area (Å²) in [6.07, 6.45) is 7.08. The van der Waals surface area contributed by atoms with Crippen molar-refractivity contribution < 1.29 is 0 Å². The van der Waals surface area contributed by atoms with Gasteiger partial charge in [0, 0.05) is 12.6 Å². The monoisotopic (exact) mass is 256 g/mol. The van der Waals surface area contributed by atoms with E-state index in [1.807, 2.05) is 0 Å². The van der Waals surface area contributed by atoms with E-state index in [-0.39, 0.29) is 0 Å². The molecule has 0 aromatic rings. The molecule has 100 valence electrons. The second-order valence-electron chi connectivity index (χ2n) is 5.54. The van der Waals surface area contributed by atoms with Crippen LogP contribution in [0, 0.1) is 5.92 Å². The lowest BCUT2D eigenvalue weighted by Crippen LogP contribution is -2.40. The first-order valence-corrected chi connectivity index (χ1v) is 8.57. The van der Waals surface area contributed by atoms with Crippen LogP contribution in [0.1, 0.15) is 39.0 Å². The van der Waals surface area contributed by atoms with Gasteiger partial charge in [-0.25, -0.2) is 0 Å². The lowest BCUT2D eigenvalue weighted by Gasteiger charge is -2.32. The molecule has 0 radical (unpaired) electrons. The number of rotatable bonds is 8. The summed E-state index contributed by atoms with van der Waals surface area (Å²) in [5.41, 5.74) is 0. The Labute approximate surface area is 111 Å². The van der Waals surface area contributed by atoms with Crippen LogP contribution in [-0.2, 0) is 0 Å². The fraction of sp³-hybridized carbons (Fsp3) is 1.00. The second kappa shape index (κ2) is 7.65. The standard InChI is InChI=1S/C14H28N2S/c1-2-17-10-4-9-16-8-3-5-13(12-16)11-15-14-6-7-14/h13-15H,2-12H2,1H3. The molecule has 0 aromatic carbocycles. The van der Waals surface area contributed by atoms with E-state index in [1.54, 1.807) is 0 Å². The Kier molecular flexibility index (Phi) is 6.16. The summed E-state index contributed by atoms with van der Waals surface area (Å²) < 4.78 is 0. The van der Waals surface area contributed by atoms with Gasteiger partial charge in [0.25, 0.3) is 0 Å². The number of nitrogens with zero attached hydrogens (tertiary/aromatic N) is 1. The SMILES string of the molecule is CCSCCCN1CCCC(CNC2CC2)C1. The highest BCUT2D eigenvalue weighted by molar-refractivity contribution is 7.99. The Morgan fingerprint density at radius 2 is 2.18 bits per heavy atom. The number of hydrogen-bond acceptors (Lipinski definition) is 3. The van der Waals surface area contributed by atoms with Gasteiger partial charge in [0.2, 0.25) is 0 Å². The van der Waals surface area contributed by atoms with E-state index < -0.39 is 0 Å². The Hall–Kier alpha value is 0.270. The van der Waals surface area contributed by atoms with E-state index in [0.29, 0.717) is 0 Å². The Morgan fingerprint density at radius 1 is 1.29 bits per heavy atom. The molecule has 17 heavy (non-hydrogen) atoms. The van der Waals surface area contributed by atoms with E-state index in [4.69, 9.17) is 0 Å². The quantitative estimate of drug-likeness (QED) is 0.672. The summed E-state index contributed by atoms with van der Waals surface area (Å²) in [7, 11) is 0. The molecule has 1 aliphatic heterocycles. The van der Waals surface area contributed by atoms with E-state index in [0.717, 1.165) is 12.0 Å². The van der Waals surface area contributed by atoms with Crippen LogP contribution in [0.15, 0.2) is 0 Å². The van der Waals surface area contributed by atoms with Gasteiger partial charge in [-0.3, -0.25) is 0 Å². The average molecular weight is 256 g/mol. The van der Waals surface area contributed by atoms with Gasteiger partial charge in [0.1, 0.15) is 0 Å². The number of likely N-dealkylation sites (tertiary alicyclic amines) is 1. The third kappa shape index (κ3) is 5.62. The molecule has 1 saturated carbocycles. The summed E-state index contributed by atoms with van der Waals surface area (Å²) in [6, 6.07) is 0.881. The van der Waals surface area contributed by atoms with Crippen molar-refractivity contribution in [1.82, 2.24) is 10.2 Å². The smallest absolute Gasteiger partial charge is 0.00683 e. The summed E-state index contributed by atoms with van der Waals surface area (Å²) in [4.78, 5) is 2.69. The summed E-state index contributed by atoms with van der Waals surface area (Å²) in [5, 5.41) is 3.69. The first-order chi connectivity index (χ1) is 8.38. The molecular weight excluding hydrogens is 228 g/mol. The molecule has 2 nitrogen and oxygen atoms in total. The fourth-order valence-corrected chi connectivity index (χ4v) is 3.30. The lowest BCUT2D eigenvalue weighted by atomic mass is 9.98. The zero-order valence-electron chi connectivity index (χ0n) is 11.3. The zero-order chi connectivity index (χ0) is 11.9. The largest absolute Gasteiger partial charge is 0.314 e. The Bertz CT molecular complexity index is 206. The molecule has 2 fully saturated rings. The van der Waals surface area contributed by atoms with Gasteiger partial charge in [-0.1, -0.05) is 6.92 Å². The van der Waals surface area contributed by atoms with Gasteiger partial charge in [-0.2, -0.15) is 11.8 Å². The maximum Gasteiger partial charge on any atom is 0.00683 e. The molecule has 1 atom stereocenters. The first kappa shape index (κ1) is 13.7. The van der Waals surface area contributed by atoms with Crippen LogP contribution in [-0.4, -0.2) is 48.6 Å². The van der Waals surface area contributed by atoms with Crippen molar-refractivity contribution >= 4 is 11.8 Å². The van der Waals surface area contributed by atoms with Gasteiger partial charge < -0.3 is 10.2 Å². The predicted octanol–water partition coefficient (Wildman–Crippen LogP) is 2.59. The number of thioether (sulfide) groups is 1. The minimum atomic E-state index is 0.881. The summed E-state index contributed by atoms with van der Waals surface area (Å²) in [6.45, 7) is 7.54. The normalized spacial score (nSPS) is 26.3. The number of nitrogens with one attached hydrogen (secondary N) is 1. The van der Waals surface area contributed by atoms with Crippen LogP contribution < -0.4 is 5.32 Å². The molecule has 1 unspecified atom stereocenters. The molecule has 0 amide bonds. The van der Waals surface area contributed by atoms with Gasteiger partial charge >= 0.3 is 0 Å². The molecule has 0 spiro atoms.